The maximum Gasteiger partial charge on any atom is 0.326 e. The van der Waals surface area contributed by atoms with E-state index in [4.69, 9.17) is 5.73 Å². The molecule has 1 aromatic rings. The van der Waals surface area contributed by atoms with Gasteiger partial charge in [-0.3, -0.25) is 4.79 Å². The zero-order valence-corrected chi connectivity index (χ0v) is 11.2. The lowest BCUT2D eigenvalue weighted by Crippen LogP contribution is -2.35. The maximum absolute atomic E-state index is 11.4. The summed E-state index contributed by atoms with van der Waals surface area (Å²) < 4.78 is 5.70. The molecule has 0 heterocycles. The molecule has 5 heteroatoms. The third-order valence-corrected chi connectivity index (χ3v) is 3.37. The minimum atomic E-state index is -0.803. The molecule has 88 valence electrons. The van der Waals surface area contributed by atoms with Gasteiger partial charge in [0, 0.05) is 10.4 Å². The third-order valence-electron chi connectivity index (χ3n) is 2.84. The number of methoxy groups -OCH3 is 1. The lowest BCUT2D eigenvalue weighted by atomic mass is 10.1. The van der Waals surface area contributed by atoms with Crippen molar-refractivity contribution >= 4 is 34.3 Å². The maximum atomic E-state index is 11.4. The molecule has 1 saturated carbocycles. The first-order chi connectivity index (χ1) is 7.08. The van der Waals surface area contributed by atoms with Crippen molar-refractivity contribution in [2.45, 2.75) is 17.9 Å². The van der Waals surface area contributed by atoms with E-state index in [1.807, 2.05) is 24.3 Å². The summed E-state index contributed by atoms with van der Waals surface area (Å²) in [6.45, 7) is 0. The summed E-state index contributed by atoms with van der Waals surface area (Å²) in [6, 6.07) is 7.86. The average molecular weight is 307 g/mol. The molecular formula is C11H13BrClNO2. The number of rotatable bonds is 2. The van der Waals surface area contributed by atoms with E-state index in [1.165, 1.54) is 7.11 Å². The van der Waals surface area contributed by atoms with E-state index in [0.717, 1.165) is 10.0 Å². The highest BCUT2D eigenvalue weighted by Gasteiger charge is 2.58. The predicted octanol–water partition coefficient (Wildman–Crippen LogP) is 2.23. The zero-order chi connectivity index (χ0) is 11.1. The number of carbonyl (C=O) groups is 1. The molecule has 16 heavy (non-hydrogen) atoms. The van der Waals surface area contributed by atoms with Gasteiger partial charge in [0.05, 0.1) is 7.11 Å². The van der Waals surface area contributed by atoms with Crippen LogP contribution in [0, 0.1) is 0 Å². The highest BCUT2D eigenvalue weighted by molar-refractivity contribution is 9.10. The van der Waals surface area contributed by atoms with Gasteiger partial charge in [-0.05, 0) is 24.1 Å². The molecule has 2 atom stereocenters. The summed E-state index contributed by atoms with van der Waals surface area (Å²) in [7, 11) is 1.37. The Kier molecular flexibility index (Phi) is 3.99. The van der Waals surface area contributed by atoms with Gasteiger partial charge in [0.2, 0.25) is 0 Å². The fraction of sp³-hybridized carbons (Fsp3) is 0.364. The molecular weight excluding hydrogens is 293 g/mol. The highest BCUT2D eigenvalue weighted by Crippen LogP contribution is 2.50. The normalized spacial score (nSPS) is 26.8. The van der Waals surface area contributed by atoms with Gasteiger partial charge in [0.15, 0.2) is 0 Å². The molecule has 2 N–H and O–H groups in total. The molecule has 0 bridgehead atoms. The summed E-state index contributed by atoms with van der Waals surface area (Å²) in [5, 5.41) is 0. The van der Waals surface area contributed by atoms with Crippen LogP contribution in [0.15, 0.2) is 28.7 Å². The molecule has 3 nitrogen and oxygen atoms in total. The molecule has 0 unspecified atom stereocenters. The summed E-state index contributed by atoms with van der Waals surface area (Å²) >= 11 is 3.36. The second-order valence-electron chi connectivity index (χ2n) is 3.84. The second-order valence-corrected chi connectivity index (χ2v) is 4.76. The molecule has 0 amide bonds. The Morgan fingerprint density at radius 3 is 2.56 bits per heavy atom. The van der Waals surface area contributed by atoms with Crippen LogP contribution in [0.25, 0.3) is 0 Å². The number of hydrogen-bond donors (Lipinski definition) is 1. The quantitative estimate of drug-likeness (QED) is 0.853. The first-order valence-electron chi connectivity index (χ1n) is 4.70. The molecule has 0 spiro atoms. The molecule has 0 saturated heterocycles. The molecule has 1 aliphatic rings. The minimum absolute atomic E-state index is 0. The zero-order valence-electron chi connectivity index (χ0n) is 8.77. The van der Waals surface area contributed by atoms with E-state index in [0.29, 0.717) is 6.42 Å². The second kappa shape index (κ2) is 4.73. The van der Waals surface area contributed by atoms with Gasteiger partial charge in [0.1, 0.15) is 5.54 Å². The number of benzene rings is 1. The molecule has 1 aromatic carbocycles. The molecule has 0 aliphatic heterocycles. The lowest BCUT2D eigenvalue weighted by molar-refractivity contribution is -0.143. The van der Waals surface area contributed by atoms with Crippen LogP contribution in [0.4, 0.5) is 0 Å². The molecule has 1 aliphatic carbocycles. The van der Waals surface area contributed by atoms with E-state index in [2.05, 4.69) is 20.7 Å². The van der Waals surface area contributed by atoms with Gasteiger partial charge < -0.3 is 10.5 Å². The van der Waals surface area contributed by atoms with Crippen LogP contribution in [0.3, 0.4) is 0 Å². The van der Waals surface area contributed by atoms with Gasteiger partial charge in [0.25, 0.3) is 0 Å². The van der Waals surface area contributed by atoms with Crippen LogP contribution in [0.1, 0.15) is 17.9 Å². The minimum Gasteiger partial charge on any atom is -0.468 e. The van der Waals surface area contributed by atoms with E-state index in [-0.39, 0.29) is 24.3 Å². The smallest absolute Gasteiger partial charge is 0.326 e. The Bertz CT molecular complexity index is 395. The van der Waals surface area contributed by atoms with Crippen LogP contribution in [0.5, 0.6) is 0 Å². The number of nitrogens with two attached hydrogens (primary N) is 1. The fourth-order valence-electron chi connectivity index (χ4n) is 1.80. The van der Waals surface area contributed by atoms with E-state index in [1.54, 1.807) is 0 Å². The fourth-order valence-corrected chi connectivity index (χ4v) is 2.07. The van der Waals surface area contributed by atoms with Gasteiger partial charge >= 0.3 is 5.97 Å². The Morgan fingerprint density at radius 2 is 2.06 bits per heavy atom. The van der Waals surface area contributed by atoms with Crippen LogP contribution < -0.4 is 5.73 Å². The Balaban J connectivity index is 0.00000128. The number of esters is 1. The summed E-state index contributed by atoms with van der Waals surface area (Å²) in [5.74, 6) is -0.228. The van der Waals surface area contributed by atoms with Crippen molar-refractivity contribution in [3.8, 4) is 0 Å². The Labute approximate surface area is 109 Å². The van der Waals surface area contributed by atoms with Gasteiger partial charge in [-0.1, -0.05) is 28.1 Å². The van der Waals surface area contributed by atoms with Crippen LogP contribution in [0.2, 0.25) is 0 Å². The molecule has 0 aromatic heterocycles. The van der Waals surface area contributed by atoms with Gasteiger partial charge in [-0.15, -0.1) is 12.4 Å². The van der Waals surface area contributed by atoms with Crippen molar-refractivity contribution in [2.24, 2.45) is 5.73 Å². The SMILES string of the molecule is COC(=O)[C@@]1(N)C[C@@H]1c1ccc(Br)cc1.Cl. The van der Waals surface area contributed by atoms with E-state index in [9.17, 15) is 4.79 Å². The molecule has 2 rings (SSSR count). The number of halogens is 2. The number of ether oxygens (including phenoxy) is 1. The van der Waals surface area contributed by atoms with Crippen molar-refractivity contribution in [1.29, 1.82) is 0 Å². The lowest BCUT2D eigenvalue weighted by Gasteiger charge is -2.08. The summed E-state index contributed by atoms with van der Waals surface area (Å²) in [4.78, 5) is 11.4. The van der Waals surface area contributed by atoms with Crippen LogP contribution in [-0.4, -0.2) is 18.6 Å². The Morgan fingerprint density at radius 1 is 1.50 bits per heavy atom. The molecule has 0 radical (unpaired) electrons. The molecule has 1 fully saturated rings. The topological polar surface area (TPSA) is 52.3 Å². The van der Waals surface area contributed by atoms with Gasteiger partial charge in [-0.25, -0.2) is 0 Å². The van der Waals surface area contributed by atoms with Crippen molar-refractivity contribution in [2.75, 3.05) is 7.11 Å². The largest absolute Gasteiger partial charge is 0.468 e. The Hall–Kier alpha value is -0.580. The van der Waals surface area contributed by atoms with Gasteiger partial charge in [-0.2, -0.15) is 0 Å². The average Bonchev–Trinajstić information content (AvgIpc) is 2.92. The van der Waals surface area contributed by atoms with Crippen LogP contribution in [-0.2, 0) is 9.53 Å². The van der Waals surface area contributed by atoms with E-state index < -0.39 is 5.54 Å². The highest BCUT2D eigenvalue weighted by atomic mass is 79.9. The predicted molar refractivity (Wildman–Crippen MR) is 67.7 cm³/mol. The number of hydrogen-bond acceptors (Lipinski definition) is 3. The third kappa shape index (κ3) is 2.24. The van der Waals surface area contributed by atoms with Crippen molar-refractivity contribution in [3.05, 3.63) is 34.3 Å². The monoisotopic (exact) mass is 305 g/mol. The summed E-state index contributed by atoms with van der Waals surface area (Å²) in [6.07, 6.45) is 0.668. The van der Waals surface area contributed by atoms with E-state index >= 15 is 0 Å². The van der Waals surface area contributed by atoms with Crippen molar-refractivity contribution in [1.82, 2.24) is 0 Å². The first kappa shape index (κ1) is 13.5. The van der Waals surface area contributed by atoms with Crippen molar-refractivity contribution in [3.63, 3.8) is 0 Å². The first-order valence-corrected chi connectivity index (χ1v) is 5.50. The number of carbonyl (C=O) groups excluding carboxylic acids is 1. The van der Waals surface area contributed by atoms with Crippen LogP contribution >= 0.6 is 28.3 Å². The standard InChI is InChI=1S/C11H12BrNO2.ClH/c1-15-10(14)11(13)6-9(11)7-2-4-8(12)5-3-7;/h2-5,9H,6,13H2,1H3;1H/t9-,11-;/m1./s1. The summed E-state index contributed by atoms with van der Waals surface area (Å²) in [5.41, 5.74) is 6.21. The van der Waals surface area contributed by atoms with Crippen molar-refractivity contribution < 1.29 is 9.53 Å².